The van der Waals surface area contributed by atoms with Crippen LogP contribution in [0.15, 0.2) is 46.9 Å². The summed E-state index contributed by atoms with van der Waals surface area (Å²) in [4.78, 5) is 30.4. The van der Waals surface area contributed by atoms with E-state index in [0.717, 1.165) is 33.7 Å². The van der Waals surface area contributed by atoms with Crippen LogP contribution in [0.1, 0.15) is 36.0 Å². The third-order valence-corrected chi connectivity index (χ3v) is 8.02. The van der Waals surface area contributed by atoms with E-state index in [1.807, 2.05) is 53.3 Å². The number of aryl methyl sites for hydroxylation is 2. The minimum Gasteiger partial charge on any atom is -0.339 e. The maximum absolute atomic E-state index is 12.8. The highest BCUT2D eigenvalue weighted by Crippen LogP contribution is 2.25. The average molecular weight is 498 g/mol. The Kier molecular flexibility index (Phi) is 8.05. The van der Waals surface area contributed by atoms with Gasteiger partial charge in [-0.3, -0.25) is 14.2 Å². The monoisotopic (exact) mass is 497 g/mol. The van der Waals surface area contributed by atoms with Crippen molar-refractivity contribution in [2.75, 3.05) is 25.4 Å². The predicted molar refractivity (Wildman–Crippen MR) is 137 cm³/mol. The molecule has 180 valence electrons. The van der Waals surface area contributed by atoms with E-state index in [2.05, 4.69) is 33.8 Å². The van der Waals surface area contributed by atoms with Crippen molar-refractivity contribution in [2.24, 2.45) is 0 Å². The summed E-state index contributed by atoms with van der Waals surface area (Å²) in [5.41, 5.74) is 2.26. The molecule has 3 heterocycles. The Hall–Kier alpha value is -2.65. The summed E-state index contributed by atoms with van der Waals surface area (Å²) in [6.07, 6.45) is 1.72. The Morgan fingerprint density at radius 1 is 1.09 bits per heavy atom. The summed E-state index contributed by atoms with van der Waals surface area (Å²) in [5, 5.41) is 11.5. The molecule has 2 amide bonds. The second-order valence-electron chi connectivity index (χ2n) is 8.64. The fraction of sp³-hybridized carbons (Fsp3) is 0.440. The molecular weight excluding hydrogens is 466 g/mol. The minimum absolute atomic E-state index is 0.0372. The van der Waals surface area contributed by atoms with Crippen molar-refractivity contribution in [1.29, 1.82) is 0 Å². The lowest BCUT2D eigenvalue weighted by atomic mass is 10.1. The number of benzene rings is 1. The van der Waals surface area contributed by atoms with Gasteiger partial charge in [-0.05, 0) is 50.3 Å². The van der Waals surface area contributed by atoms with Gasteiger partial charge in [-0.1, -0.05) is 36.0 Å². The van der Waals surface area contributed by atoms with E-state index in [1.165, 1.54) is 5.56 Å². The molecule has 1 aromatic carbocycles. The van der Waals surface area contributed by atoms with E-state index in [1.54, 1.807) is 23.1 Å². The number of hydrogen-bond donors (Lipinski definition) is 0. The highest BCUT2D eigenvalue weighted by molar-refractivity contribution is 7.99. The number of para-hydroxylation sites is 1. The number of carbonyl (C=O) groups is 2. The lowest BCUT2D eigenvalue weighted by Gasteiger charge is -2.40. The van der Waals surface area contributed by atoms with Crippen molar-refractivity contribution in [1.82, 2.24) is 24.6 Å². The van der Waals surface area contributed by atoms with Gasteiger partial charge in [0.1, 0.15) is 5.82 Å². The third kappa shape index (κ3) is 5.70. The first-order valence-corrected chi connectivity index (χ1v) is 13.5. The zero-order chi connectivity index (χ0) is 24.1. The molecule has 1 aliphatic heterocycles. The smallest absolute Gasteiger partial charge is 0.228 e. The second kappa shape index (κ2) is 11.2. The Morgan fingerprint density at radius 2 is 1.91 bits per heavy atom. The highest BCUT2D eigenvalue weighted by Gasteiger charge is 2.29. The molecule has 0 bridgehead atoms. The van der Waals surface area contributed by atoms with Gasteiger partial charge in [-0.25, -0.2) is 0 Å². The first-order chi connectivity index (χ1) is 16.4. The molecular formula is C25H31N5O2S2. The first-order valence-electron chi connectivity index (χ1n) is 11.6. The van der Waals surface area contributed by atoms with Crippen LogP contribution in [0.4, 0.5) is 0 Å². The lowest BCUT2D eigenvalue weighted by molar-refractivity contribution is -0.142. The molecule has 9 heteroatoms. The van der Waals surface area contributed by atoms with Gasteiger partial charge in [0.2, 0.25) is 11.8 Å². The van der Waals surface area contributed by atoms with E-state index in [4.69, 9.17) is 0 Å². The summed E-state index contributed by atoms with van der Waals surface area (Å²) < 4.78 is 2.08. The van der Waals surface area contributed by atoms with Crippen LogP contribution in [0.2, 0.25) is 0 Å². The minimum atomic E-state index is 0.0372. The van der Waals surface area contributed by atoms with Crippen LogP contribution in [0.3, 0.4) is 0 Å². The first kappa shape index (κ1) is 24.5. The van der Waals surface area contributed by atoms with Gasteiger partial charge in [0.25, 0.3) is 0 Å². The van der Waals surface area contributed by atoms with Crippen LogP contribution in [-0.4, -0.2) is 67.8 Å². The quantitative estimate of drug-likeness (QED) is 0.346. The summed E-state index contributed by atoms with van der Waals surface area (Å²) in [6, 6.07) is 12.2. The molecule has 1 fully saturated rings. The van der Waals surface area contributed by atoms with Crippen LogP contribution in [0, 0.1) is 13.8 Å². The Labute approximate surface area is 209 Å². The topological polar surface area (TPSA) is 71.3 Å². The van der Waals surface area contributed by atoms with Crippen molar-refractivity contribution in [2.45, 2.75) is 51.2 Å². The molecule has 34 heavy (non-hydrogen) atoms. The predicted octanol–water partition coefficient (Wildman–Crippen LogP) is 4.12. The average Bonchev–Trinajstić information content (AvgIpc) is 3.46. The van der Waals surface area contributed by atoms with Crippen LogP contribution in [0.5, 0.6) is 0 Å². The van der Waals surface area contributed by atoms with Gasteiger partial charge in [-0.15, -0.1) is 21.5 Å². The SMILES string of the molecule is Cc1ccccc1-n1c(C)nnc1SCCCC(=O)N1CCN(C(=O)Cc2cccs2)C(C)C1. The molecule has 1 aliphatic rings. The van der Waals surface area contributed by atoms with Gasteiger partial charge < -0.3 is 9.80 Å². The van der Waals surface area contributed by atoms with Crippen LogP contribution < -0.4 is 0 Å². The molecule has 0 radical (unpaired) electrons. The fourth-order valence-corrected chi connectivity index (χ4v) is 5.92. The van der Waals surface area contributed by atoms with Gasteiger partial charge in [0, 0.05) is 42.7 Å². The number of hydrogen-bond acceptors (Lipinski definition) is 6. The number of rotatable bonds is 8. The van der Waals surface area contributed by atoms with Gasteiger partial charge in [-0.2, -0.15) is 0 Å². The van der Waals surface area contributed by atoms with Crippen molar-refractivity contribution >= 4 is 34.9 Å². The van der Waals surface area contributed by atoms with Crippen LogP contribution in [-0.2, 0) is 16.0 Å². The molecule has 3 aromatic rings. The molecule has 0 saturated carbocycles. The van der Waals surface area contributed by atoms with Gasteiger partial charge >= 0.3 is 0 Å². The largest absolute Gasteiger partial charge is 0.339 e. The van der Waals surface area contributed by atoms with Gasteiger partial charge in [0.05, 0.1) is 12.1 Å². The highest BCUT2D eigenvalue weighted by atomic mass is 32.2. The molecule has 1 atom stereocenters. The summed E-state index contributed by atoms with van der Waals surface area (Å²) in [6.45, 7) is 7.88. The Bertz CT molecular complexity index is 1130. The van der Waals surface area contributed by atoms with E-state index in [-0.39, 0.29) is 17.9 Å². The van der Waals surface area contributed by atoms with Crippen molar-refractivity contribution < 1.29 is 9.59 Å². The molecule has 0 aliphatic carbocycles. The van der Waals surface area contributed by atoms with E-state index < -0.39 is 0 Å². The van der Waals surface area contributed by atoms with E-state index >= 15 is 0 Å². The fourth-order valence-electron chi connectivity index (χ4n) is 4.29. The van der Waals surface area contributed by atoms with E-state index in [9.17, 15) is 9.59 Å². The number of thioether (sulfide) groups is 1. The van der Waals surface area contributed by atoms with E-state index in [0.29, 0.717) is 32.5 Å². The molecule has 1 unspecified atom stereocenters. The summed E-state index contributed by atoms with van der Waals surface area (Å²) in [5.74, 6) is 1.96. The summed E-state index contributed by atoms with van der Waals surface area (Å²) >= 11 is 3.24. The van der Waals surface area contributed by atoms with Crippen LogP contribution in [0.25, 0.3) is 5.69 Å². The third-order valence-electron chi connectivity index (χ3n) is 6.12. The number of thiophene rings is 1. The van der Waals surface area contributed by atoms with Crippen molar-refractivity contribution in [3.8, 4) is 5.69 Å². The number of aromatic nitrogens is 3. The second-order valence-corrected chi connectivity index (χ2v) is 10.7. The molecule has 1 saturated heterocycles. The number of carbonyl (C=O) groups excluding carboxylic acids is 2. The molecule has 0 N–H and O–H groups in total. The van der Waals surface area contributed by atoms with Crippen molar-refractivity contribution in [3.05, 3.63) is 58.0 Å². The zero-order valence-electron chi connectivity index (χ0n) is 19.9. The molecule has 4 rings (SSSR count). The maximum atomic E-state index is 12.8. The zero-order valence-corrected chi connectivity index (χ0v) is 21.6. The molecule has 0 spiro atoms. The number of piperazine rings is 1. The Balaban J connectivity index is 1.24. The molecule has 7 nitrogen and oxygen atoms in total. The van der Waals surface area contributed by atoms with Gasteiger partial charge in [0.15, 0.2) is 5.16 Å². The van der Waals surface area contributed by atoms with Crippen LogP contribution >= 0.6 is 23.1 Å². The standard InChI is InChI=1S/C25H31N5O2S2/c1-18-8-4-5-10-22(18)30-20(3)26-27-25(30)34-15-7-11-23(31)28-12-13-29(19(2)17-28)24(32)16-21-9-6-14-33-21/h4-6,8-10,14,19H,7,11-13,15-17H2,1-3H3. The van der Waals surface area contributed by atoms with Crippen molar-refractivity contribution in [3.63, 3.8) is 0 Å². The summed E-state index contributed by atoms with van der Waals surface area (Å²) in [7, 11) is 0. The molecule has 2 aromatic heterocycles. The lowest BCUT2D eigenvalue weighted by Crippen LogP contribution is -2.55. The maximum Gasteiger partial charge on any atom is 0.228 e. The number of nitrogens with zero attached hydrogens (tertiary/aromatic N) is 5. The number of amides is 2. The Morgan fingerprint density at radius 3 is 2.65 bits per heavy atom. The normalized spacial score (nSPS) is 16.1.